The molecule has 29 heavy (non-hydrogen) atoms. The largest absolute Gasteiger partial charge is 0.508 e. The van der Waals surface area contributed by atoms with Crippen LogP contribution in [0, 0.1) is 0 Å². The average Bonchev–Trinajstić information content (AvgIpc) is 3.24. The molecule has 0 unspecified atom stereocenters. The van der Waals surface area contributed by atoms with E-state index < -0.39 is 0 Å². The van der Waals surface area contributed by atoms with Crippen molar-refractivity contribution < 1.29 is 10.2 Å². The molecule has 4 N–H and O–H groups in total. The molecule has 4 rings (SSSR count). The fourth-order valence-electron chi connectivity index (χ4n) is 3.25. The van der Waals surface area contributed by atoms with Crippen LogP contribution < -0.4 is 5.73 Å². The lowest BCUT2D eigenvalue weighted by Gasteiger charge is -2.18. The van der Waals surface area contributed by atoms with Crippen molar-refractivity contribution in [2.24, 2.45) is 0 Å². The summed E-state index contributed by atoms with van der Waals surface area (Å²) in [6, 6.07) is 21.8. The molecule has 4 aromatic rings. The zero-order chi connectivity index (χ0) is 20.2. The highest BCUT2D eigenvalue weighted by Gasteiger charge is 2.15. The molecule has 0 radical (unpaired) electrons. The van der Waals surface area contributed by atoms with Gasteiger partial charge in [-0.05, 0) is 64.2 Å². The minimum Gasteiger partial charge on any atom is -0.508 e. The molecule has 6 nitrogen and oxygen atoms in total. The van der Waals surface area contributed by atoms with Crippen molar-refractivity contribution >= 4 is 16.8 Å². The molecule has 0 aliphatic carbocycles. The van der Waals surface area contributed by atoms with Gasteiger partial charge >= 0.3 is 0 Å². The van der Waals surface area contributed by atoms with E-state index in [9.17, 15) is 10.2 Å². The first-order valence-corrected chi connectivity index (χ1v) is 9.10. The molecule has 0 aliphatic rings. The lowest BCUT2D eigenvalue weighted by molar-refractivity contribution is 0.475. The highest BCUT2D eigenvalue weighted by Crippen LogP contribution is 2.35. The van der Waals surface area contributed by atoms with Crippen LogP contribution in [-0.4, -0.2) is 25.0 Å². The predicted octanol–water partition coefficient (Wildman–Crippen LogP) is 3.93. The van der Waals surface area contributed by atoms with Crippen LogP contribution in [0.4, 0.5) is 5.69 Å². The van der Waals surface area contributed by atoms with E-state index in [4.69, 9.17) is 5.73 Å². The van der Waals surface area contributed by atoms with Crippen molar-refractivity contribution in [3.63, 3.8) is 0 Å². The Morgan fingerprint density at radius 3 is 1.76 bits per heavy atom. The number of anilines is 1. The molecule has 0 fully saturated rings. The van der Waals surface area contributed by atoms with Gasteiger partial charge < -0.3 is 15.9 Å². The number of hydrogen-bond acceptors (Lipinski definition) is 5. The summed E-state index contributed by atoms with van der Waals surface area (Å²) >= 11 is 0. The van der Waals surface area contributed by atoms with Crippen molar-refractivity contribution in [1.29, 1.82) is 0 Å². The SMILES string of the molecule is Nc1ccc(C(Cn2cncn2)=C(c2ccc(O)cc2)c2ccc(O)cc2)cc1. The van der Waals surface area contributed by atoms with E-state index in [-0.39, 0.29) is 11.5 Å². The van der Waals surface area contributed by atoms with Crippen LogP contribution >= 0.6 is 0 Å². The van der Waals surface area contributed by atoms with Gasteiger partial charge in [-0.25, -0.2) is 9.67 Å². The number of nitrogen functional groups attached to an aromatic ring is 1. The number of phenols is 2. The van der Waals surface area contributed by atoms with Gasteiger partial charge in [0.2, 0.25) is 0 Å². The Bertz CT molecular complexity index is 1070. The van der Waals surface area contributed by atoms with Crippen LogP contribution in [0.1, 0.15) is 16.7 Å². The van der Waals surface area contributed by atoms with Crippen LogP contribution in [0.2, 0.25) is 0 Å². The molecule has 0 spiro atoms. The summed E-state index contributed by atoms with van der Waals surface area (Å²) in [7, 11) is 0. The summed E-state index contributed by atoms with van der Waals surface area (Å²) in [5.74, 6) is 0.397. The summed E-state index contributed by atoms with van der Waals surface area (Å²) in [6.45, 7) is 0.487. The Kier molecular flexibility index (Phi) is 4.99. The highest BCUT2D eigenvalue weighted by atomic mass is 16.3. The molecule has 0 aliphatic heterocycles. The first-order chi connectivity index (χ1) is 14.1. The van der Waals surface area contributed by atoms with Gasteiger partial charge in [0.25, 0.3) is 0 Å². The van der Waals surface area contributed by atoms with E-state index in [1.165, 1.54) is 6.33 Å². The molecule has 0 saturated carbocycles. The number of allylic oxidation sites excluding steroid dienone is 1. The summed E-state index contributed by atoms with van der Waals surface area (Å²) in [5, 5.41) is 23.8. The van der Waals surface area contributed by atoms with Crippen molar-refractivity contribution in [2.45, 2.75) is 6.54 Å². The third kappa shape index (κ3) is 4.11. The van der Waals surface area contributed by atoms with Crippen molar-refractivity contribution in [3.8, 4) is 11.5 Å². The Labute approximate surface area is 168 Å². The first kappa shape index (κ1) is 18.3. The van der Waals surface area contributed by atoms with Crippen molar-refractivity contribution in [3.05, 3.63) is 102 Å². The molecule has 1 heterocycles. The van der Waals surface area contributed by atoms with Crippen LogP contribution in [0.25, 0.3) is 11.1 Å². The number of rotatable bonds is 5. The summed E-state index contributed by atoms with van der Waals surface area (Å²) < 4.78 is 1.76. The van der Waals surface area contributed by atoms with E-state index in [1.807, 2.05) is 48.5 Å². The highest BCUT2D eigenvalue weighted by molar-refractivity contribution is 5.98. The van der Waals surface area contributed by atoms with Gasteiger partial charge in [0.05, 0.1) is 6.54 Å². The number of nitrogens with zero attached hydrogens (tertiary/aromatic N) is 3. The second kappa shape index (κ2) is 7.90. The minimum atomic E-state index is 0.198. The van der Waals surface area contributed by atoms with Gasteiger partial charge in [0, 0.05) is 5.69 Å². The molecule has 6 heteroatoms. The summed E-state index contributed by atoms with van der Waals surface area (Å²) in [4.78, 5) is 4.05. The number of benzene rings is 3. The molecular weight excluding hydrogens is 364 g/mol. The number of nitrogens with two attached hydrogens (primary N) is 1. The van der Waals surface area contributed by atoms with Crippen LogP contribution in [0.15, 0.2) is 85.5 Å². The van der Waals surface area contributed by atoms with E-state index in [1.54, 1.807) is 35.3 Å². The molecule has 0 amide bonds. The van der Waals surface area contributed by atoms with Crippen LogP contribution in [0.5, 0.6) is 11.5 Å². The standard InChI is InChI=1S/C23H20N4O2/c24-19-7-1-16(2-8-19)22(13-27-15-25-14-26-27)23(17-3-9-20(28)10-4-17)18-5-11-21(29)12-6-18/h1-12,14-15,28-29H,13,24H2. The van der Waals surface area contributed by atoms with E-state index in [0.717, 1.165) is 27.8 Å². The molecule has 1 aromatic heterocycles. The number of aromatic nitrogens is 3. The van der Waals surface area contributed by atoms with Gasteiger partial charge in [-0.15, -0.1) is 0 Å². The molecule has 0 atom stereocenters. The van der Waals surface area contributed by atoms with Crippen LogP contribution in [0.3, 0.4) is 0 Å². The monoisotopic (exact) mass is 384 g/mol. The fraction of sp³-hybridized carbons (Fsp3) is 0.0435. The Hall–Kier alpha value is -4.06. The van der Waals surface area contributed by atoms with Crippen LogP contribution in [-0.2, 0) is 6.54 Å². The Morgan fingerprint density at radius 2 is 1.28 bits per heavy atom. The zero-order valence-electron chi connectivity index (χ0n) is 15.6. The second-order valence-corrected chi connectivity index (χ2v) is 6.66. The number of phenolic OH excluding ortho intramolecular Hbond substituents is 2. The Morgan fingerprint density at radius 1 is 0.759 bits per heavy atom. The predicted molar refractivity (Wildman–Crippen MR) is 113 cm³/mol. The number of hydrogen-bond donors (Lipinski definition) is 3. The molecule has 144 valence electrons. The molecular formula is C23H20N4O2. The third-order valence-electron chi connectivity index (χ3n) is 4.66. The summed E-state index contributed by atoms with van der Waals surface area (Å²) in [6.07, 6.45) is 3.17. The summed E-state index contributed by atoms with van der Waals surface area (Å²) in [5.41, 5.74) is 11.4. The van der Waals surface area contributed by atoms with Gasteiger partial charge in [-0.1, -0.05) is 36.4 Å². The maximum absolute atomic E-state index is 9.75. The van der Waals surface area contributed by atoms with E-state index in [2.05, 4.69) is 10.1 Å². The van der Waals surface area contributed by atoms with Gasteiger partial charge in [0.1, 0.15) is 24.2 Å². The lowest BCUT2D eigenvalue weighted by atomic mass is 9.89. The molecule has 3 aromatic carbocycles. The van der Waals surface area contributed by atoms with E-state index in [0.29, 0.717) is 12.2 Å². The molecule has 0 saturated heterocycles. The zero-order valence-corrected chi connectivity index (χ0v) is 15.6. The second-order valence-electron chi connectivity index (χ2n) is 6.66. The Balaban J connectivity index is 1.98. The normalized spacial score (nSPS) is 10.6. The minimum absolute atomic E-state index is 0.198. The van der Waals surface area contributed by atoms with Crippen molar-refractivity contribution in [2.75, 3.05) is 5.73 Å². The van der Waals surface area contributed by atoms with Gasteiger partial charge in [0.15, 0.2) is 0 Å². The van der Waals surface area contributed by atoms with E-state index >= 15 is 0 Å². The maximum atomic E-state index is 9.75. The fourth-order valence-corrected chi connectivity index (χ4v) is 3.25. The average molecular weight is 384 g/mol. The van der Waals surface area contributed by atoms with Gasteiger partial charge in [-0.3, -0.25) is 0 Å². The maximum Gasteiger partial charge on any atom is 0.137 e. The first-order valence-electron chi connectivity index (χ1n) is 9.10. The third-order valence-corrected chi connectivity index (χ3v) is 4.66. The number of aromatic hydroxyl groups is 2. The smallest absolute Gasteiger partial charge is 0.137 e. The quantitative estimate of drug-likeness (QED) is 0.358. The van der Waals surface area contributed by atoms with Crippen molar-refractivity contribution in [1.82, 2.24) is 14.8 Å². The molecule has 0 bridgehead atoms. The lowest BCUT2D eigenvalue weighted by Crippen LogP contribution is -2.05. The topological polar surface area (TPSA) is 97.2 Å². The van der Waals surface area contributed by atoms with Gasteiger partial charge in [-0.2, -0.15) is 5.10 Å².